The Morgan fingerprint density at radius 3 is 2.63 bits per heavy atom. The van der Waals surface area contributed by atoms with Gasteiger partial charge in [-0.2, -0.15) is 0 Å². The van der Waals surface area contributed by atoms with Crippen molar-refractivity contribution >= 4 is 11.9 Å². The molecule has 1 N–H and O–H groups in total. The summed E-state index contributed by atoms with van der Waals surface area (Å²) in [5, 5.41) is 9.57. The maximum Gasteiger partial charge on any atom is 0.311 e. The van der Waals surface area contributed by atoms with E-state index in [0.29, 0.717) is 32.7 Å². The zero-order valence-corrected chi connectivity index (χ0v) is 11.1. The Labute approximate surface area is 112 Å². The van der Waals surface area contributed by atoms with Crippen molar-refractivity contribution in [2.24, 2.45) is 17.3 Å². The predicted octanol–water partition coefficient (Wildman–Crippen LogP) is 1.13. The molecule has 5 heteroatoms. The van der Waals surface area contributed by atoms with Crippen molar-refractivity contribution in [3.63, 3.8) is 0 Å². The Hall–Kier alpha value is -1.10. The molecule has 2 aliphatic heterocycles. The van der Waals surface area contributed by atoms with Crippen molar-refractivity contribution in [2.45, 2.75) is 32.1 Å². The molecular weight excluding hydrogens is 246 g/mol. The number of carboxylic acid groups (broad SMARTS) is 1. The van der Waals surface area contributed by atoms with E-state index in [2.05, 4.69) is 0 Å². The topological polar surface area (TPSA) is 66.8 Å². The minimum atomic E-state index is -0.762. The SMILES string of the molecule is O=C(C1CCCC1)N1C[C@H]2COCC[C@@]2(C(=O)O)C1. The van der Waals surface area contributed by atoms with Crippen molar-refractivity contribution in [1.29, 1.82) is 0 Å². The summed E-state index contributed by atoms with van der Waals surface area (Å²) in [5.41, 5.74) is -0.757. The molecule has 0 unspecified atom stereocenters. The molecule has 3 aliphatic rings. The predicted molar refractivity (Wildman–Crippen MR) is 67.5 cm³/mol. The van der Waals surface area contributed by atoms with Crippen LogP contribution < -0.4 is 0 Å². The van der Waals surface area contributed by atoms with Gasteiger partial charge in [0, 0.05) is 31.5 Å². The van der Waals surface area contributed by atoms with Crippen molar-refractivity contribution < 1.29 is 19.4 Å². The van der Waals surface area contributed by atoms with Crippen molar-refractivity contribution in [2.75, 3.05) is 26.3 Å². The van der Waals surface area contributed by atoms with Gasteiger partial charge in [-0.1, -0.05) is 12.8 Å². The molecule has 1 saturated carbocycles. The highest BCUT2D eigenvalue weighted by Gasteiger charge is 2.55. The highest BCUT2D eigenvalue weighted by molar-refractivity contribution is 5.82. The summed E-state index contributed by atoms with van der Waals surface area (Å²) in [6.07, 6.45) is 4.72. The fraction of sp³-hybridized carbons (Fsp3) is 0.857. The van der Waals surface area contributed by atoms with Gasteiger partial charge in [0.05, 0.1) is 12.0 Å². The van der Waals surface area contributed by atoms with Gasteiger partial charge < -0.3 is 14.7 Å². The van der Waals surface area contributed by atoms with Crippen LogP contribution in [-0.2, 0) is 14.3 Å². The van der Waals surface area contributed by atoms with Gasteiger partial charge in [0.2, 0.25) is 5.91 Å². The second kappa shape index (κ2) is 4.78. The van der Waals surface area contributed by atoms with Crippen LogP contribution in [0.5, 0.6) is 0 Å². The summed E-state index contributed by atoms with van der Waals surface area (Å²) < 4.78 is 5.41. The fourth-order valence-corrected chi connectivity index (χ4v) is 3.90. The molecule has 19 heavy (non-hydrogen) atoms. The standard InChI is InChI=1S/C14H21NO4/c16-12(10-3-1-2-4-10)15-7-11-8-19-6-5-14(11,9-15)13(17)18/h10-11H,1-9H2,(H,17,18)/t11-,14+/m0/s1. The first-order valence-corrected chi connectivity index (χ1v) is 7.23. The lowest BCUT2D eigenvalue weighted by atomic mass is 9.74. The average Bonchev–Trinajstić information content (AvgIpc) is 3.05. The summed E-state index contributed by atoms with van der Waals surface area (Å²) in [5.74, 6) is -0.494. The van der Waals surface area contributed by atoms with Gasteiger partial charge in [-0.05, 0) is 19.3 Å². The molecule has 3 rings (SSSR count). The number of hydrogen-bond donors (Lipinski definition) is 1. The number of amides is 1. The van der Waals surface area contributed by atoms with Crippen LogP contribution in [0.15, 0.2) is 0 Å². The first-order valence-electron chi connectivity index (χ1n) is 7.23. The fourth-order valence-electron chi connectivity index (χ4n) is 3.90. The van der Waals surface area contributed by atoms with Gasteiger partial charge in [0.25, 0.3) is 0 Å². The minimum absolute atomic E-state index is 0.0379. The number of nitrogens with zero attached hydrogens (tertiary/aromatic N) is 1. The molecule has 2 heterocycles. The highest BCUT2D eigenvalue weighted by atomic mass is 16.5. The molecule has 0 bridgehead atoms. The van der Waals surface area contributed by atoms with Crippen LogP contribution in [0.3, 0.4) is 0 Å². The lowest BCUT2D eigenvalue weighted by molar-refractivity contribution is -0.157. The summed E-state index contributed by atoms with van der Waals surface area (Å²) >= 11 is 0. The van der Waals surface area contributed by atoms with Gasteiger partial charge in [0.1, 0.15) is 0 Å². The number of hydrogen-bond acceptors (Lipinski definition) is 3. The first kappa shape index (κ1) is 12.9. The third kappa shape index (κ3) is 2.04. The first-order chi connectivity index (χ1) is 9.13. The van der Waals surface area contributed by atoms with Crippen molar-refractivity contribution in [3.05, 3.63) is 0 Å². The monoisotopic (exact) mass is 267 g/mol. The van der Waals surface area contributed by atoms with Crippen molar-refractivity contribution in [3.8, 4) is 0 Å². The van der Waals surface area contributed by atoms with Gasteiger partial charge in [-0.3, -0.25) is 9.59 Å². The Balaban J connectivity index is 1.76. The van der Waals surface area contributed by atoms with Crippen LogP contribution in [0, 0.1) is 17.3 Å². The van der Waals surface area contributed by atoms with E-state index >= 15 is 0 Å². The van der Waals surface area contributed by atoms with Crippen LogP contribution in [-0.4, -0.2) is 48.2 Å². The van der Waals surface area contributed by atoms with Gasteiger partial charge in [-0.15, -0.1) is 0 Å². The molecule has 0 aromatic carbocycles. The molecule has 2 atom stereocenters. The number of carbonyl (C=O) groups is 2. The third-order valence-corrected chi connectivity index (χ3v) is 5.15. The number of aliphatic carboxylic acids is 1. The number of ether oxygens (including phenoxy) is 1. The third-order valence-electron chi connectivity index (χ3n) is 5.15. The van der Waals surface area contributed by atoms with E-state index in [9.17, 15) is 14.7 Å². The second-order valence-corrected chi connectivity index (χ2v) is 6.18. The van der Waals surface area contributed by atoms with Crippen LogP contribution in [0.25, 0.3) is 0 Å². The van der Waals surface area contributed by atoms with E-state index in [0.717, 1.165) is 25.7 Å². The molecule has 1 amide bonds. The summed E-state index contributed by atoms with van der Waals surface area (Å²) in [4.78, 5) is 25.9. The van der Waals surface area contributed by atoms with Crippen LogP contribution in [0.1, 0.15) is 32.1 Å². The van der Waals surface area contributed by atoms with Gasteiger partial charge in [0.15, 0.2) is 0 Å². The van der Waals surface area contributed by atoms with Crippen molar-refractivity contribution in [1.82, 2.24) is 4.90 Å². The van der Waals surface area contributed by atoms with Crippen LogP contribution >= 0.6 is 0 Å². The highest BCUT2D eigenvalue weighted by Crippen LogP contribution is 2.43. The minimum Gasteiger partial charge on any atom is -0.481 e. The Bertz CT molecular complexity index is 391. The zero-order valence-electron chi connectivity index (χ0n) is 11.1. The Morgan fingerprint density at radius 1 is 1.26 bits per heavy atom. The molecule has 3 fully saturated rings. The molecule has 0 radical (unpaired) electrons. The largest absolute Gasteiger partial charge is 0.481 e. The zero-order chi connectivity index (χ0) is 13.5. The van der Waals surface area contributed by atoms with Crippen LogP contribution in [0.2, 0.25) is 0 Å². The molecule has 5 nitrogen and oxygen atoms in total. The number of likely N-dealkylation sites (tertiary alicyclic amines) is 1. The lowest BCUT2D eigenvalue weighted by Gasteiger charge is -2.33. The smallest absolute Gasteiger partial charge is 0.311 e. The molecule has 0 aromatic rings. The molecule has 0 aromatic heterocycles. The van der Waals surface area contributed by atoms with E-state index in [1.165, 1.54) is 0 Å². The van der Waals surface area contributed by atoms with E-state index in [1.807, 2.05) is 0 Å². The van der Waals surface area contributed by atoms with Gasteiger partial charge in [-0.25, -0.2) is 0 Å². The molecular formula is C14H21NO4. The average molecular weight is 267 g/mol. The number of carbonyl (C=O) groups excluding carboxylic acids is 1. The number of rotatable bonds is 2. The van der Waals surface area contributed by atoms with E-state index < -0.39 is 11.4 Å². The Morgan fingerprint density at radius 2 is 2.00 bits per heavy atom. The Kier molecular flexibility index (Phi) is 3.25. The summed E-state index contributed by atoms with van der Waals surface area (Å²) in [6.45, 7) is 1.91. The number of fused-ring (bicyclic) bond motifs is 1. The molecule has 106 valence electrons. The second-order valence-electron chi connectivity index (χ2n) is 6.18. The molecule has 1 aliphatic carbocycles. The molecule has 2 saturated heterocycles. The summed E-state index contributed by atoms with van der Waals surface area (Å²) in [7, 11) is 0. The normalized spacial score (nSPS) is 35.4. The maximum absolute atomic E-state index is 12.4. The summed E-state index contributed by atoms with van der Waals surface area (Å²) in [6, 6.07) is 0. The lowest BCUT2D eigenvalue weighted by Crippen LogP contribution is -2.45. The molecule has 0 spiro atoms. The quantitative estimate of drug-likeness (QED) is 0.814. The van der Waals surface area contributed by atoms with Gasteiger partial charge >= 0.3 is 5.97 Å². The number of carboxylic acids is 1. The van der Waals surface area contributed by atoms with E-state index in [-0.39, 0.29) is 17.7 Å². The van der Waals surface area contributed by atoms with E-state index in [4.69, 9.17) is 4.74 Å². The maximum atomic E-state index is 12.4. The van der Waals surface area contributed by atoms with E-state index in [1.54, 1.807) is 4.90 Å². The van der Waals surface area contributed by atoms with Crippen LogP contribution in [0.4, 0.5) is 0 Å².